The van der Waals surface area contributed by atoms with Crippen molar-refractivity contribution in [2.24, 2.45) is 5.92 Å². The van der Waals surface area contributed by atoms with Gasteiger partial charge in [-0.05, 0) is 50.4 Å². The Morgan fingerprint density at radius 2 is 1.77 bits per heavy atom. The standard InChI is InChI=1S/C21H35N3O2/c1-16(2)19(24-11-9-23(4)10-12-24)14-22-17(3)5-6-18-7-8-20-21(13-18)26-15-25-20/h7-8,13,16-17,19,22H,5-6,9-12,14-15H2,1-4H3. The zero-order valence-corrected chi connectivity index (χ0v) is 16.8. The average molecular weight is 362 g/mol. The molecule has 5 heteroatoms. The summed E-state index contributed by atoms with van der Waals surface area (Å²) in [6, 6.07) is 7.43. The monoisotopic (exact) mass is 361 g/mol. The molecule has 0 aromatic heterocycles. The van der Waals surface area contributed by atoms with Gasteiger partial charge in [-0.3, -0.25) is 4.90 Å². The Balaban J connectivity index is 1.44. The number of hydrogen-bond acceptors (Lipinski definition) is 5. The predicted molar refractivity (Wildman–Crippen MR) is 106 cm³/mol. The van der Waals surface area contributed by atoms with E-state index in [1.165, 1.54) is 31.7 Å². The van der Waals surface area contributed by atoms with Crippen molar-refractivity contribution in [1.29, 1.82) is 0 Å². The summed E-state index contributed by atoms with van der Waals surface area (Å²) in [6.07, 6.45) is 2.19. The number of aryl methyl sites for hydroxylation is 1. The van der Waals surface area contributed by atoms with Crippen LogP contribution in [0.5, 0.6) is 11.5 Å². The van der Waals surface area contributed by atoms with Gasteiger partial charge in [-0.15, -0.1) is 0 Å². The molecule has 146 valence electrons. The van der Waals surface area contributed by atoms with Gasteiger partial charge in [0.1, 0.15) is 0 Å². The number of ether oxygens (including phenoxy) is 2. The fraction of sp³-hybridized carbons (Fsp3) is 0.714. The maximum atomic E-state index is 5.48. The zero-order chi connectivity index (χ0) is 18.5. The van der Waals surface area contributed by atoms with Gasteiger partial charge < -0.3 is 19.7 Å². The summed E-state index contributed by atoms with van der Waals surface area (Å²) in [4.78, 5) is 5.09. The molecule has 1 N–H and O–H groups in total. The van der Waals surface area contributed by atoms with Crippen LogP contribution in [0.3, 0.4) is 0 Å². The number of likely N-dealkylation sites (N-methyl/N-ethyl adjacent to an activating group) is 1. The summed E-state index contributed by atoms with van der Waals surface area (Å²) in [5, 5.41) is 3.78. The van der Waals surface area contributed by atoms with Crippen LogP contribution in [0.2, 0.25) is 0 Å². The van der Waals surface area contributed by atoms with Gasteiger partial charge in [-0.25, -0.2) is 0 Å². The quantitative estimate of drug-likeness (QED) is 0.770. The summed E-state index contributed by atoms with van der Waals surface area (Å²) < 4.78 is 10.9. The number of hydrogen-bond donors (Lipinski definition) is 1. The fourth-order valence-corrected chi connectivity index (χ4v) is 3.84. The first-order valence-electron chi connectivity index (χ1n) is 10.1. The van der Waals surface area contributed by atoms with E-state index in [0.717, 1.165) is 30.9 Å². The molecule has 3 rings (SSSR count). The molecule has 2 unspecified atom stereocenters. The molecule has 0 bridgehead atoms. The van der Waals surface area contributed by atoms with Gasteiger partial charge in [0, 0.05) is 44.8 Å². The molecule has 1 aromatic carbocycles. The van der Waals surface area contributed by atoms with Crippen LogP contribution in [-0.2, 0) is 6.42 Å². The van der Waals surface area contributed by atoms with E-state index in [2.05, 4.69) is 55.1 Å². The van der Waals surface area contributed by atoms with Gasteiger partial charge >= 0.3 is 0 Å². The van der Waals surface area contributed by atoms with Crippen molar-refractivity contribution in [3.63, 3.8) is 0 Å². The van der Waals surface area contributed by atoms with Crippen molar-refractivity contribution in [1.82, 2.24) is 15.1 Å². The van der Waals surface area contributed by atoms with Crippen LogP contribution in [-0.4, -0.2) is 68.4 Å². The average Bonchev–Trinajstić information content (AvgIpc) is 3.09. The van der Waals surface area contributed by atoms with Crippen molar-refractivity contribution in [3.8, 4) is 11.5 Å². The second-order valence-corrected chi connectivity index (χ2v) is 8.19. The lowest BCUT2D eigenvalue weighted by Crippen LogP contribution is -2.54. The van der Waals surface area contributed by atoms with E-state index in [1.807, 2.05) is 6.07 Å². The number of fused-ring (bicyclic) bond motifs is 1. The molecule has 26 heavy (non-hydrogen) atoms. The molecule has 0 spiro atoms. The summed E-state index contributed by atoms with van der Waals surface area (Å²) in [7, 11) is 2.22. The number of rotatable bonds is 8. The molecule has 1 saturated heterocycles. The second-order valence-electron chi connectivity index (χ2n) is 8.19. The number of nitrogens with zero attached hydrogens (tertiary/aromatic N) is 2. The van der Waals surface area contributed by atoms with Crippen molar-refractivity contribution in [2.45, 2.75) is 45.7 Å². The van der Waals surface area contributed by atoms with E-state index < -0.39 is 0 Å². The molecule has 0 aliphatic carbocycles. The van der Waals surface area contributed by atoms with Crippen LogP contribution in [0.1, 0.15) is 32.8 Å². The van der Waals surface area contributed by atoms with Gasteiger partial charge in [0.15, 0.2) is 11.5 Å². The van der Waals surface area contributed by atoms with E-state index in [1.54, 1.807) is 0 Å². The number of benzene rings is 1. The normalized spacial score (nSPS) is 20.5. The molecular weight excluding hydrogens is 326 g/mol. The summed E-state index contributed by atoms with van der Waals surface area (Å²) in [6.45, 7) is 13.2. The smallest absolute Gasteiger partial charge is 0.231 e. The lowest BCUT2D eigenvalue weighted by atomic mass is 10.00. The van der Waals surface area contributed by atoms with Gasteiger partial charge in [0.05, 0.1) is 0 Å². The molecule has 0 saturated carbocycles. The van der Waals surface area contributed by atoms with E-state index in [-0.39, 0.29) is 0 Å². The largest absolute Gasteiger partial charge is 0.454 e. The van der Waals surface area contributed by atoms with Gasteiger partial charge in [-0.1, -0.05) is 19.9 Å². The minimum atomic E-state index is 0.347. The molecular formula is C21H35N3O2. The van der Waals surface area contributed by atoms with Crippen molar-refractivity contribution in [3.05, 3.63) is 23.8 Å². The molecule has 0 amide bonds. The van der Waals surface area contributed by atoms with Gasteiger partial charge in [0.2, 0.25) is 6.79 Å². The fourth-order valence-electron chi connectivity index (χ4n) is 3.84. The topological polar surface area (TPSA) is 37.0 Å². The highest BCUT2D eigenvalue weighted by Gasteiger charge is 2.25. The van der Waals surface area contributed by atoms with E-state index in [9.17, 15) is 0 Å². The van der Waals surface area contributed by atoms with Crippen LogP contribution < -0.4 is 14.8 Å². The number of nitrogens with one attached hydrogen (secondary N) is 1. The van der Waals surface area contributed by atoms with Crippen LogP contribution in [0.4, 0.5) is 0 Å². The Bertz CT molecular complexity index is 570. The molecule has 2 aliphatic rings. The van der Waals surface area contributed by atoms with Gasteiger partial charge in [0.25, 0.3) is 0 Å². The Labute approximate surface area is 158 Å². The van der Waals surface area contributed by atoms with E-state index in [0.29, 0.717) is 24.8 Å². The van der Waals surface area contributed by atoms with Crippen molar-refractivity contribution >= 4 is 0 Å². The molecule has 0 radical (unpaired) electrons. The van der Waals surface area contributed by atoms with E-state index in [4.69, 9.17) is 9.47 Å². The van der Waals surface area contributed by atoms with Crippen LogP contribution >= 0.6 is 0 Å². The summed E-state index contributed by atoms with van der Waals surface area (Å²) in [5.74, 6) is 2.43. The van der Waals surface area contributed by atoms with Crippen LogP contribution in [0, 0.1) is 5.92 Å². The maximum absolute atomic E-state index is 5.48. The lowest BCUT2D eigenvalue weighted by molar-refractivity contribution is 0.0862. The third kappa shape index (κ3) is 5.12. The minimum Gasteiger partial charge on any atom is -0.454 e. The minimum absolute atomic E-state index is 0.347. The zero-order valence-electron chi connectivity index (χ0n) is 16.8. The molecule has 1 aromatic rings. The summed E-state index contributed by atoms with van der Waals surface area (Å²) in [5.41, 5.74) is 1.32. The highest BCUT2D eigenvalue weighted by molar-refractivity contribution is 5.44. The lowest BCUT2D eigenvalue weighted by Gasteiger charge is -2.40. The third-order valence-electron chi connectivity index (χ3n) is 5.75. The Kier molecular flexibility index (Phi) is 6.79. The van der Waals surface area contributed by atoms with Crippen LogP contribution in [0.25, 0.3) is 0 Å². The molecule has 2 aliphatic heterocycles. The Morgan fingerprint density at radius 3 is 2.50 bits per heavy atom. The number of piperazine rings is 1. The Hall–Kier alpha value is -1.30. The first kappa shape index (κ1) is 19.5. The molecule has 1 fully saturated rings. The first-order valence-corrected chi connectivity index (χ1v) is 10.1. The van der Waals surface area contributed by atoms with Gasteiger partial charge in [-0.2, -0.15) is 0 Å². The molecule has 2 heterocycles. The highest BCUT2D eigenvalue weighted by atomic mass is 16.7. The van der Waals surface area contributed by atoms with Crippen molar-refractivity contribution in [2.75, 3.05) is 46.6 Å². The Morgan fingerprint density at radius 1 is 1.04 bits per heavy atom. The van der Waals surface area contributed by atoms with Crippen molar-refractivity contribution < 1.29 is 9.47 Å². The first-order chi connectivity index (χ1) is 12.5. The molecule has 5 nitrogen and oxygen atoms in total. The SMILES string of the molecule is CC(CCc1ccc2c(c1)OCO2)NCC(C(C)C)N1CCN(C)CC1. The highest BCUT2D eigenvalue weighted by Crippen LogP contribution is 2.32. The predicted octanol–water partition coefficient (Wildman–Crippen LogP) is 2.60. The summed E-state index contributed by atoms with van der Waals surface area (Å²) >= 11 is 0. The maximum Gasteiger partial charge on any atom is 0.231 e. The van der Waals surface area contributed by atoms with E-state index >= 15 is 0 Å². The third-order valence-corrected chi connectivity index (χ3v) is 5.75. The molecule has 2 atom stereocenters. The second kappa shape index (κ2) is 9.07. The van der Waals surface area contributed by atoms with Crippen LogP contribution in [0.15, 0.2) is 18.2 Å².